The summed E-state index contributed by atoms with van der Waals surface area (Å²) in [7, 11) is 0. The molecule has 0 bridgehead atoms. The molecule has 0 aliphatic heterocycles. The predicted octanol–water partition coefficient (Wildman–Crippen LogP) is 2.10. The molecule has 0 saturated carbocycles. The molecule has 0 atom stereocenters. The van der Waals surface area contributed by atoms with E-state index in [0.717, 1.165) is 5.56 Å². The molecule has 0 unspecified atom stereocenters. The molecule has 2 heterocycles. The van der Waals surface area contributed by atoms with E-state index >= 15 is 0 Å². The van der Waals surface area contributed by atoms with Crippen LogP contribution in [0.15, 0.2) is 29.9 Å². The van der Waals surface area contributed by atoms with Gasteiger partial charge < -0.3 is 0 Å². The molecule has 1 amide bonds. The fourth-order valence-corrected chi connectivity index (χ4v) is 1.65. The van der Waals surface area contributed by atoms with Gasteiger partial charge in [-0.1, -0.05) is 6.07 Å². The van der Waals surface area contributed by atoms with Crippen molar-refractivity contribution >= 4 is 23.2 Å². The van der Waals surface area contributed by atoms with E-state index in [2.05, 4.69) is 15.3 Å². The lowest BCUT2D eigenvalue weighted by Crippen LogP contribution is -2.12. The zero-order valence-corrected chi connectivity index (χ0v) is 8.91. The molecule has 0 fully saturated rings. The Kier molecular flexibility index (Phi) is 2.73. The molecule has 0 aliphatic rings. The van der Waals surface area contributed by atoms with E-state index in [4.69, 9.17) is 0 Å². The lowest BCUT2D eigenvalue weighted by atomic mass is 10.4. The molecular weight excluding hydrogens is 210 g/mol. The van der Waals surface area contributed by atoms with Crippen molar-refractivity contribution in [3.8, 4) is 0 Å². The van der Waals surface area contributed by atoms with Crippen LogP contribution >= 0.6 is 11.3 Å². The van der Waals surface area contributed by atoms with Gasteiger partial charge in [0.15, 0.2) is 0 Å². The molecule has 2 aromatic heterocycles. The number of hydrogen-bond donors (Lipinski definition) is 1. The lowest BCUT2D eigenvalue weighted by Gasteiger charge is -2.00. The normalized spacial score (nSPS) is 9.93. The molecule has 1 N–H and O–H groups in total. The van der Waals surface area contributed by atoms with Crippen molar-refractivity contribution in [3.63, 3.8) is 0 Å². The van der Waals surface area contributed by atoms with Crippen LogP contribution < -0.4 is 5.32 Å². The first-order valence-corrected chi connectivity index (χ1v) is 5.27. The number of nitrogens with zero attached hydrogens (tertiary/aromatic N) is 2. The smallest absolute Gasteiger partial charge is 0.268 e. The van der Waals surface area contributed by atoms with Gasteiger partial charge in [0.2, 0.25) is 5.95 Å². The van der Waals surface area contributed by atoms with Gasteiger partial charge >= 0.3 is 0 Å². The SMILES string of the molecule is Cc1cnc(NC(=O)c2cccs2)nc1. The molecule has 76 valence electrons. The van der Waals surface area contributed by atoms with Crippen molar-refractivity contribution in [1.82, 2.24) is 9.97 Å². The van der Waals surface area contributed by atoms with Crippen LogP contribution in [0.2, 0.25) is 0 Å². The van der Waals surface area contributed by atoms with Crippen molar-refractivity contribution in [1.29, 1.82) is 0 Å². The van der Waals surface area contributed by atoms with Crippen LogP contribution in [0.3, 0.4) is 0 Å². The predicted molar refractivity (Wildman–Crippen MR) is 59.0 cm³/mol. The number of thiophene rings is 1. The van der Waals surface area contributed by atoms with Crippen molar-refractivity contribution in [2.75, 3.05) is 5.32 Å². The van der Waals surface area contributed by atoms with E-state index in [0.29, 0.717) is 10.8 Å². The van der Waals surface area contributed by atoms with E-state index in [1.165, 1.54) is 11.3 Å². The second-order valence-electron chi connectivity index (χ2n) is 3.02. The van der Waals surface area contributed by atoms with E-state index in [1.807, 2.05) is 18.4 Å². The summed E-state index contributed by atoms with van der Waals surface area (Å²) in [6.07, 6.45) is 3.33. The van der Waals surface area contributed by atoms with Crippen LogP contribution in [0.1, 0.15) is 15.2 Å². The zero-order chi connectivity index (χ0) is 10.7. The fraction of sp³-hybridized carbons (Fsp3) is 0.100. The van der Waals surface area contributed by atoms with E-state index < -0.39 is 0 Å². The summed E-state index contributed by atoms with van der Waals surface area (Å²) < 4.78 is 0. The number of carbonyl (C=O) groups excluding carboxylic acids is 1. The Morgan fingerprint density at radius 3 is 2.73 bits per heavy atom. The first kappa shape index (κ1) is 9.79. The van der Waals surface area contributed by atoms with Gasteiger partial charge in [0.1, 0.15) is 0 Å². The highest BCUT2D eigenvalue weighted by molar-refractivity contribution is 7.12. The molecule has 0 aromatic carbocycles. The summed E-state index contributed by atoms with van der Waals surface area (Å²) in [6.45, 7) is 1.89. The largest absolute Gasteiger partial charge is 0.290 e. The summed E-state index contributed by atoms with van der Waals surface area (Å²) in [5.74, 6) is 0.160. The first-order valence-electron chi connectivity index (χ1n) is 4.39. The number of aryl methyl sites for hydroxylation is 1. The molecule has 0 aliphatic carbocycles. The van der Waals surface area contributed by atoms with Crippen molar-refractivity contribution in [2.45, 2.75) is 6.92 Å². The highest BCUT2D eigenvalue weighted by atomic mass is 32.1. The molecule has 0 saturated heterocycles. The number of aromatic nitrogens is 2. The third-order valence-corrected chi connectivity index (χ3v) is 2.62. The molecular formula is C10H9N3OS. The Bertz CT molecular complexity index is 450. The zero-order valence-electron chi connectivity index (χ0n) is 8.10. The summed E-state index contributed by atoms with van der Waals surface area (Å²) >= 11 is 1.39. The van der Waals surface area contributed by atoms with Gasteiger partial charge in [-0.3, -0.25) is 10.1 Å². The highest BCUT2D eigenvalue weighted by Crippen LogP contribution is 2.10. The van der Waals surface area contributed by atoms with E-state index in [1.54, 1.807) is 18.5 Å². The Hall–Kier alpha value is -1.75. The molecule has 4 nitrogen and oxygen atoms in total. The van der Waals surface area contributed by atoms with Crippen LogP contribution in [0, 0.1) is 6.92 Å². The fourth-order valence-electron chi connectivity index (χ4n) is 1.03. The lowest BCUT2D eigenvalue weighted by molar-refractivity contribution is 0.102. The van der Waals surface area contributed by atoms with Gasteiger partial charge in [-0.25, -0.2) is 9.97 Å². The summed E-state index contributed by atoms with van der Waals surface area (Å²) in [5.41, 5.74) is 0.962. The molecule has 2 aromatic rings. The maximum absolute atomic E-state index is 11.6. The van der Waals surface area contributed by atoms with Crippen molar-refractivity contribution in [3.05, 3.63) is 40.3 Å². The summed E-state index contributed by atoms with van der Waals surface area (Å²) in [6, 6.07) is 3.59. The number of amides is 1. The number of rotatable bonds is 2. The molecule has 0 radical (unpaired) electrons. The van der Waals surface area contributed by atoms with E-state index in [9.17, 15) is 4.79 Å². The monoisotopic (exact) mass is 219 g/mol. The minimum atomic E-state index is -0.172. The quantitative estimate of drug-likeness (QED) is 0.841. The molecule has 15 heavy (non-hydrogen) atoms. The molecule has 0 spiro atoms. The average molecular weight is 219 g/mol. The number of hydrogen-bond acceptors (Lipinski definition) is 4. The summed E-state index contributed by atoms with van der Waals surface area (Å²) in [4.78, 5) is 20.2. The second-order valence-corrected chi connectivity index (χ2v) is 3.96. The molecule has 5 heteroatoms. The number of anilines is 1. The van der Waals surface area contributed by atoms with E-state index in [-0.39, 0.29) is 5.91 Å². The Balaban J connectivity index is 2.09. The summed E-state index contributed by atoms with van der Waals surface area (Å²) in [5, 5.41) is 4.47. The van der Waals surface area contributed by atoms with Gasteiger partial charge in [-0.05, 0) is 23.9 Å². The minimum absolute atomic E-state index is 0.172. The Labute approximate surface area is 91.0 Å². The maximum atomic E-state index is 11.6. The Morgan fingerprint density at radius 2 is 2.13 bits per heavy atom. The second kappa shape index (κ2) is 4.18. The first-order chi connectivity index (χ1) is 7.25. The number of carbonyl (C=O) groups is 1. The van der Waals surface area contributed by atoms with Crippen molar-refractivity contribution < 1.29 is 4.79 Å². The van der Waals surface area contributed by atoms with Crippen LogP contribution in [0.4, 0.5) is 5.95 Å². The van der Waals surface area contributed by atoms with Crippen LogP contribution in [-0.4, -0.2) is 15.9 Å². The molecule has 2 rings (SSSR count). The topological polar surface area (TPSA) is 54.9 Å². The average Bonchev–Trinajstić information content (AvgIpc) is 2.74. The van der Waals surface area contributed by atoms with Crippen LogP contribution in [0.5, 0.6) is 0 Å². The highest BCUT2D eigenvalue weighted by Gasteiger charge is 2.07. The van der Waals surface area contributed by atoms with Crippen LogP contribution in [0.25, 0.3) is 0 Å². The van der Waals surface area contributed by atoms with Crippen molar-refractivity contribution in [2.24, 2.45) is 0 Å². The third kappa shape index (κ3) is 2.38. The minimum Gasteiger partial charge on any atom is -0.290 e. The van der Waals surface area contributed by atoms with Crippen LogP contribution in [-0.2, 0) is 0 Å². The van der Waals surface area contributed by atoms with Gasteiger partial charge in [-0.2, -0.15) is 0 Å². The van der Waals surface area contributed by atoms with Gasteiger partial charge in [0.25, 0.3) is 5.91 Å². The van der Waals surface area contributed by atoms with Gasteiger partial charge in [0, 0.05) is 12.4 Å². The van der Waals surface area contributed by atoms with Gasteiger partial charge in [0.05, 0.1) is 4.88 Å². The third-order valence-electron chi connectivity index (χ3n) is 1.75. The standard InChI is InChI=1S/C10H9N3OS/c1-7-5-11-10(12-6-7)13-9(14)8-3-2-4-15-8/h2-6H,1H3,(H,11,12,13,14). The maximum Gasteiger partial charge on any atom is 0.268 e. The van der Waals surface area contributed by atoms with Gasteiger partial charge in [-0.15, -0.1) is 11.3 Å². The Morgan fingerprint density at radius 1 is 1.40 bits per heavy atom. The number of nitrogens with one attached hydrogen (secondary N) is 1.